The topological polar surface area (TPSA) is 54.3 Å². The van der Waals surface area contributed by atoms with Crippen molar-refractivity contribution in [1.29, 1.82) is 0 Å². The average molecular weight is 287 g/mol. The lowest BCUT2D eigenvalue weighted by Gasteiger charge is -2.14. The van der Waals surface area contributed by atoms with Crippen LogP contribution < -0.4 is 5.01 Å². The van der Waals surface area contributed by atoms with Gasteiger partial charge in [-0.3, -0.25) is 9.79 Å². The maximum Gasteiger partial charge on any atom is 0.261 e. The first-order valence-corrected chi connectivity index (χ1v) is 7.09. The molecule has 0 N–H and O–H groups in total. The molecule has 1 heterocycles. The van der Waals surface area contributed by atoms with Crippen molar-refractivity contribution < 1.29 is 9.53 Å². The number of hydrazone groups is 1. The Hall–Kier alpha value is -2.01. The fourth-order valence-corrected chi connectivity index (χ4v) is 2.36. The van der Waals surface area contributed by atoms with Gasteiger partial charge in [0.05, 0.1) is 11.4 Å². The third-order valence-corrected chi connectivity index (χ3v) is 3.42. The van der Waals surface area contributed by atoms with E-state index in [1.54, 1.807) is 7.11 Å². The van der Waals surface area contributed by atoms with Crippen LogP contribution in [-0.2, 0) is 9.53 Å². The fraction of sp³-hybridized carbons (Fsp3) is 0.438. The number of carbonyl (C=O) groups excluding carboxylic acids is 1. The van der Waals surface area contributed by atoms with Crippen LogP contribution in [0.2, 0.25) is 0 Å². The molecule has 0 aliphatic carbocycles. The Morgan fingerprint density at radius 1 is 1.38 bits per heavy atom. The van der Waals surface area contributed by atoms with E-state index in [1.165, 1.54) is 5.01 Å². The predicted molar refractivity (Wildman–Crippen MR) is 85.0 cm³/mol. The summed E-state index contributed by atoms with van der Waals surface area (Å²) in [6.07, 6.45) is 0.855. The molecule has 0 unspecified atom stereocenters. The average Bonchev–Trinajstić information content (AvgIpc) is 2.79. The summed E-state index contributed by atoms with van der Waals surface area (Å²) in [5.41, 5.74) is 2.39. The molecule has 2 rings (SSSR count). The van der Waals surface area contributed by atoms with Crippen LogP contribution in [-0.4, -0.2) is 37.6 Å². The summed E-state index contributed by atoms with van der Waals surface area (Å²) < 4.78 is 5.00. The van der Waals surface area contributed by atoms with Crippen LogP contribution in [0, 0.1) is 5.92 Å². The molecule has 1 aliphatic rings. The normalized spacial score (nSPS) is 19.1. The van der Waals surface area contributed by atoms with Gasteiger partial charge in [-0.15, -0.1) is 0 Å². The molecule has 0 bridgehead atoms. The summed E-state index contributed by atoms with van der Waals surface area (Å²) in [4.78, 5) is 17.0. The summed E-state index contributed by atoms with van der Waals surface area (Å²) in [5, 5.41) is 5.85. The lowest BCUT2D eigenvalue weighted by molar-refractivity contribution is -0.118. The highest BCUT2D eigenvalue weighted by atomic mass is 16.5. The van der Waals surface area contributed by atoms with Crippen LogP contribution in [0.4, 0.5) is 5.69 Å². The van der Waals surface area contributed by atoms with Crippen LogP contribution >= 0.6 is 0 Å². The third kappa shape index (κ3) is 3.55. The first-order valence-electron chi connectivity index (χ1n) is 7.09. The van der Waals surface area contributed by atoms with Crippen molar-refractivity contribution in [3.63, 3.8) is 0 Å². The lowest BCUT2D eigenvalue weighted by Crippen LogP contribution is -2.31. The molecule has 1 amide bonds. The molecule has 21 heavy (non-hydrogen) atoms. The van der Waals surface area contributed by atoms with E-state index in [-0.39, 0.29) is 11.8 Å². The second-order valence-electron chi connectivity index (χ2n) is 5.03. The zero-order valence-corrected chi connectivity index (χ0v) is 12.7. The molecule has 0 saturated carbocycles. The van der Waals surface area contributed by atoms with E-state index in [9.17, 15) is 4.79 Å². The Kier molecular flexibility index (Phi) is 5.22. The van der Waals surface area contributed by atoms with E-state index in [0.29, 0.717) is 13.2 Å². The van der Waals surface area contributed by atoms with Crippen LogP contribution in [0.1, 0.15) is 20.3 Å². The molecule has 1 atom stereocenters. The summed E-state index contributed by atoms with van der Waals surface area (Å²) >= 11 is 0. The van der Waals surface area contributed by atoms with E-state index >= 15 is 0 Å². The van der Waals surface area contributed by atoms with Gasteiger partial charge in [0.25, 0.3) is 5.91 Å². The summed E-state index contributed by atoms with van der Waals surface area (Å²) in [6.45, 7) is 5.11. The van der Waals surface area contributed by atoms with Crippen LogP contribution in [0.25, 0.3) is 0 Å². The number of rotatable bonds is 6. The molecule has 5 heteroatoms. The first-order chi connectivity index (χ1) is 10.1. The maximum absolute atomic E-state index is 12.6. The quantitative estimate of drug-likeness (QED) is 0.596. The summed E-state index contributed by atoms with van der Waals surface area (Å²) in [5.74, 6) is -0.376. The highest BCUT2D eigenvalue weighted by Gasteiger charge is 2.36. The number of hydrogen-bond donors (Lipinski definition) is 0. The number of methoxy groups -OCH3 is 1. The monoisotopic (exact) mass is 287 g/mol. The summed E-state index contributed by atoms with van der Waals surface area (Å²) in [7, 11) is 1.67. The van der Waals surface area contributed by atoms with E-state index in [1.807, 2.05) is 44.2 Å². The van der Waals surface area contributed by atoms with E-state index in [2.05, 4.69) is 10.1 Å². The Morgan fingerprint density at radius 3 is 2.76 bits per heavy atom. The van der Waals surface area contributed by atoms with Crippen molar-refractivity contribution in [3.8, 4) is 0 Å². The Labute approximate surface area is 125 Å². The van der Waals surface area contributed by atoms with Crippen molar-refractivity contribution in [2.24, 2.45) is 16.0 Å². The standard InChI is InChI=1S/C16H21N3O2/c1-12(17-10-7-11-21-3)15-13(2)18-19(16(15)20)14-8-5-4-6-9-14/h4-6,8-9,15H,7,10-11H2,1-3H3/t15-/m0/s1. The minimum absolute atomic E-state index is 0.0355. The molecule has 0 aromatic heterocycles. The highest BCUT2D eigenvalue weighted by molar-refractivity contribution is 6.27. The Balaban J connectivity index is 2.09. The SMILES string of the molecule is COCCCN=C(C)[C@@H]1C(=O)N(c2ccccc2)N=C1C. The molecule has 5 nitrogen and oxygen atoms in total. The number of benzene rings is 1. The van der Waals surface area contributed by atoms with Crippen molar-refractivity contribution in [1.82, 2.24) is 0 Å². The minimum Gasteiger partial charge on any atom is -0.385 e. The number of amides is 1. The largest absolute Gasteiger partial charge is 0.385 e. The van der Waals surface area contributed by atoms with Crippen molar-refractivity contribution >= 4 is 23.0 Å². The Bertz CT molecular complexity index is 552. The third-order valence-electron chi connectivity index (χ3n) is 3.42. The van der Waals surface area contributed by atoms with Gasteiger partial charge in [0.15, 0.2) is 0 Å². The van der Waals surface area contributed by atoms with Gasteiger partial charge < -0.3 is 4.74 Å². The molecule has 0 saturated heterocycles. The number of hydrogen-bond acceptors (Lipinski definition) is 4. The second kappa shape index (κ2) is 7.13. The van der Waals surface area contributed by atoms with Crippen molar-refractivity contribution in [3.05, 3.63) is 30.3 Å². The number of ether oxygens (including phenoxy) is 1. The second-order valence-corrected chi connectivity index (χ2v) is 5.03. The van der Waals surface area contributed by atoms with Gasteiger partial charge >= 0.3 is 0 Å². The molecule has 0 radical (unpaired) electrons. The molecular weight excluding hydrogens is 266 g/mol. The maximum atomic E-state index is 12.6. The van der Waals surface area contributed by atoms with Gasteiger partial charge in [-0.2, -0.15) is 10.1 Å². The van der Waals surface area contributed by atoms with Gasteiger partial charge in [-0.25, -0.2) is 0 Å². The minimum atomic E-state index is -0.340. The summed E-state index contributed by atoms with van der Waals surface area (Å²) in [6, 6.07) is 9.46. The van der Waals surface area contributed by atoms with Crippen LogP contribution in [0.5, 0.6) is 0 Å². The molecule has 112 valence electrons. The van der Waals surface area contributed by atoms with Gasteiger partial charge in [0, 0.05) is 26.0 Å². The van der Waals surface area contributed by atoms with Crippen molar-refractivity contribution in [2.45, 2.75) is 20.3 Å². The number of aliphatic imine (C=N–C) groups is 1. The van der Waals surface area contributed by atoms with Crippen LogP contribution in [0.3, 0.4) is 0 Å². The molecule has 0 fully saturated rings. The molecule has 1 aliphatic heterocycles. The number of anilines is 1. The Morgan fingerprint density at radius 2 is 2.10 bits per heavy atom. The lowest BCUT2D eigenvalue weighted by atomic mass is 9.99. The highest BCUT2D eigenvalue weighted by Crippen LogP contribution is 2.24. The van der Waals surface area contributed by atoms with Gasteiger partial charge in [0.2, 0.25) is 0 Å². The number of carbonyl (C=O) groups is 1. The van der Waals surface area contributed by atoms with Crippen LogP contribution in [0.15, 0.2) is 40.4 Å². The van der Waals surface area contributed by atoms with Crippen molar-refractivity contribution in [2.75, 3.05) is 25.3 Å². The predicted octanol–water partition coefficient (Wildman–Crippen LogP) is 2.52. The molecule has 1 aromatic carbocycles. The van der Waals surface area contributed by atoms with E-state index in [4.69, 9.17) is 4.74 Å². The van der Waals surface area contributed by atoms with Gasteiger partial charge in [0.1, 0.15) is 5.92 Å². The molecular formula is C16H21N3O2. The molecule has 0 spiro atoms. The van der Waals surface area contributed by atoms with E-state index in [0.717, 1.165) is 23.5 Å². The van der Waals surface area contributed by atoms with Gasteiger partial charge in [-0.1, -0.05) is 18.2 Å². The molecule has 1 aromatic rings. The smallest absolute Gasteiger partial charge is 0.261 e. The zero-order chi connectivity index (χ0) is 15.2. The number of nitrogens with zero attached hydrogens (tertiary/aromatic N) is 3. The fourth-order valence-electron chi connectivity index (χ4n) is 2.36. The first kappa shape index (κ1) is 15.4. The van der Waals surface area contributed by atoms with Gasteiger partial charge in [-0.05, 0) is 32.4 Å². The zero-order valence-electron chi connectivity index (χ0n) is 12.7. The van der Waals surface area contributed by atoms with E-state index < -0.39 is 0 Å². The number of para-hydroxylation sites is 1.